The van der Waals surface area contributed by atoms with Gasteiger partial charge in [-0.05, 0) is 160 Å². The molecule has 7 aliphatic rings. The summed E-state index contributed by atoms with van der Waals surface area (Å²) in [4.78, 5) is 11.6. The van der Waals surface area contributed by atoms with Crippen molar-refractivity contribution in [3.05, 3.63) is 23.3 Å². The summed E-state index contributed by atoms with van der Waals surface area (Å²) < 4.78 is 5.54. The second-order valence-electron chi connectivity index (χ2n) is 17.6. The Morgan fingerprint density at radius 2 is 1.70 bits per heavy atom. The summed E-state index contributed by atoms with van der Waals surface area (Å²) in [5.74, 6) is 2.83. The zero-order valence-corrected chi connectivity index (χ0v) is 28.3. The lowest BCUT2D eigenvalue weighted by atomic mass is 9.34. The van der Waals surface area contributed by atoms with Crippen LogP contribution < -0.4 is 5.32 Å². The average Bonchev–Trinajstić information content (AvgIpc) is 3.42. The summed E-state index contributed by atoms with van der Waals surface area (Å²) in [6, 6.07) is 0. The normalized spacial score (nSPS) is 48.2. The van der Waals surface area contributed by atoms with Gasteiger partial charge in [-0.25, -0.2) is 0 Å². The van der Waals surface area contributed by atoms with Crippen LogP contribution in [-0.2, 0) is 9.53 Å². The average molecular weight is 608 g/mol. The zero-order chi connectivity index (χ0) is 31.0. The van der Waals surface area contributed by atoms with Crippen molar-refractivity contribution >= 4 is 5.97 Å². The lowest BCUT2D eigenvalue weighted by molar-refractivity contribution is -0.212. The summed E-state index contributed by atoms with van der Waals surface area (Å²) in [6.07, 6.45) is 23.1. The van der Waals surface area contributed by atoms with E-state index in [0.29, 0.717) is 41.8 Å². The Bertz CT molecular complexity index is 1190. The number of carboxylic acid groups (broad SMARTS) is 1. The largest absolute Gasteiger partial charge is 0.481 e. The summed E-state index contributed by atoms with van der Waals surface area (Å²) >= 11 is 0. The van der Waals surface area contributed by atoms with Crippen molar-refractivity contribution in [1.29, 1.82) is 0 Å². The van der Waals surface area contributed by atoms with Crippen molar-refractivity contribution in [3.63, 3.8) is 0 Å². The number of allylic oxidation sites excluding steroid dienone is 4. The van der Waals surface area contributed by atoms with Crippen LogP contribution in [0.3, 0.4) is 0 Å². The van der Waals surface area contributed by atoms with Gasteiger partial charge in [0.1, 0.15) is 0 Å². The van der Waals surface area contributed by atoms with Crippen LogP contribution >= 0.6 is 0 Å². The van der Waals surface area contributed by atoms with Crippen LogP contribution in [0.2, 0.25) is 0 Å². The van der Waals surface area contributed by atoms with Gasteiger partial charge in [0, 0.05) is 18.8 Å². The number of carbonyl (C=O) groups is 1. The number of nitrogens with one attached hydrogen (secondary N) is 1. The van der Waals surface area contributed by atoms with Gasteiger partial charge in [0.2, 0.25) is 0 Å². The van der Waals surface area contributed by atoms with E-state index in [1.165, 1.54) is 69.8 Å². The number of carboxylic acids is 1. The standard InChI is InChI=1S/C39H61NO4/c1-26-29(27-7-9-28(10-8-27)34(41)42)13-16-35(2)30(26)14-17-37(4)33(35)12-11-31-32-6-5-15-39(32,19-18-36(31,37)3)40-23-20-38(43)21-24-44-25-22-38/h7,13,26,28,30-33,40,43H,5-6,8-12,14-25H2,1-4H3,(H,41,42)/t26?,28-,30?,31?,32?,33?,35?,36+,37+,39?/m0/s1. The molecule has 5 fully saturated rings. The third-order valence-corrected chi connectivity index (χ3v) is 16.2. The first-order valence-corrected chi connectivity index (χ1v) is 18.6. The monoisotopic (exact) mass is 607 g/mol. The summed E-state index contributed by atoms with van der Waals surface area (Å²) in [5.41, 5.74) is 3.89. The molecule has 0 spiro atoms. The molecule has 7 unspecified atom stereocenters. The van der Waals surface area contributed by atoms with Crippen molar-refractivity contribution in [1.82, 2.24) is 5.32 Å². The predicted octanol–water partition coefficient (Wildman–Crippen LogP) is 8.07. The molecule has 1 aliphatic heterocycles. The molecular formula is C39H61NO4. The highest BCUT2D eigenvalue weighted by molar-refractivity contribution is 5.70. The Kier molecular flexibility index (Phi) is 8.02. The number of aliphatic carboxylic acids is 1. The van der Waals surface area contributed by atoms with E-state index < -0.39 is 11.6 Å². The predicted molar refractivity (Wildman–Crippen MR) is 175 cm³/mol. The fourth-order valence-corrected chi connectivity index (χ4v) is 13.4. The van der Waals surface area contributed by atoms with E-state index in [-0.39, 0.29) is 11.5 Å². The van der Waals surface area contributed by atoms with Gasteiger partial charge in [-0.15, -0.1) is 0 Å². The van der Waals surface area contributed by atoms with Gasteiger partial charge in [0.25, 0.3) is 0 Å². The lowest BCUT2D eigenvalue weighted by Gasteiger charge is -2.71. The van der Waals surface area contributed by atoms with E-state index in [4.69, 9.17) is 4.74 Å². The maximum atomic E-state index is 11.6. The van der Waals surface area contributed by atoms with Crippen LogP contribution in [0.25, 0.3) is 0 Å². The molecule has 6 aliphatic carbocycles. The number of rotatable bonds is 6. The summed E-state index contributed by atoms with van der Waals surface area (Å²) in [5, 5.41) is 24.8. The fourth-order valence-electron chi connectivity index (χ4n) is 13.4. The quantitative estimate of drug-likeness (QED) is 0.285. The molecule has 0 aromatic carbocycles. The molecule has 1 saturated heterocycles. The van der Waals surface area contributed by atoms with Crippen molar-refractivity contribution in [2.75, 3.05) is 19.8 Å². The molecule has 0 amide bonds. The molecular weight excluding hydrogens is 546 g/mol. The molecule has 0 radical (unpaired) electrons. The first kappa shape index (κ1) is 31.4. The van der Waals surface area contributed by atoms with E-state index >= 15 is 0 Å². The van der Waals surface area contributed by atoms with Crippen LogP contribution in [0.4, 0.5) is 0 Å². The Labute approximate surface area is 267 Å². The van der Waals surface area contributed by atoms with E-state index in [9.17, 15) is 15.0 Å². The van der Waals surface area contributed by atoms with E-state index in [0.717, 1.165) is 62.3 Å². The fraction of sp³-hybridized carbons (Fsp3) is 0.872. The van der Waals surface area contributed by atoms with Gasteiger partial charge in [0.05, 0.1) is 11.5 Å². The molecule has 0 aromatic heterocycles. The zero-order valence-electron chi connectivity index (χ0n) is 28.3. The second-order valence-corrected chi connectivity index (χ2v) is 17.6. The van der Waals surface area contributed by atoms with Gasteiger partial charge in [-0.3, -0.25) is 4.79 Å². The van der Waals surface area contributed by atoms with Crippen LogP contribution in [-0.4, -0.2) is 47.1 Å². The lowest BCUT2D eigenvalue weighted by Crippen LogP contribution is -2.67. The molecule has 44 heavy (non-hydrogen) atoms. The molecule has 7 rings (SSSR count). The smallest absolute Gasteiger partial charge is 0.306 e. The minimum absolute atomic E-state index is 0.197. The van der Waals surface area contributed by atoms with Gasteiger partial charge in [-0.1, -0.05) is 46.3 Å². The van der Waals surface area contributed by atoms with Gasteiger partial charge in [-0.2, -0.15) is 0 Å². The first-order chi connectivity index (χ1) is 20.9. The molecule has 246 valence electrons. The number of aliphatic hydroxyl groups is 1. The summed E-state index contributed by atoms with van der Waals surface area (Å²) in [7, 11) is 0. The molecule has 0 bridgehead atoms. The van der Waals surface area contributed by atoms with Crippen LogP contribution in [0.15, 0.2) is 23.3 Å². The van der Waals surface area contributed by atoms with E-state index in [1.54, 1.807) is 5.57 Å². The molecule has 0 aromatic rings. The minimum atomic E-state index is -0.629. The first-order valence-electron chi connectivity index (χ1n) is 18.6. The third-order valence-electron chi connectivity index (χ3n) is 16.2. The van der Waals surface area contributed by atoms with E-state index in [2.05, 4.69) is 45.2 Å². The number of hydrogen-bond donors (Lipinski definition) is 3. The Morgan fingerprint density at radius 3 is 2.43 bits per heavy atom. The number of ether oxygens (including phenoxy) is 1. The second kappa shape index (κ2) is 11.2. The molecule has 1 heterocycles. The Hall–Kier alpha value is -1.17. The summed E-state index contributed by atoms with van der Waals surface area (Å²) in [6.45, 7) is 13.0. The third kappa shape index (κ3) is 4.75. The molecule has 10 atom stereocenters. The van der Waals surface area contributed by atoms with Gasteiger partial charge in [0.15, 0.2) is 0 Å². The number of hydrogen-bond acceptors (Lipinski definition) is 4. The topological polar surface area (TPSA) is 78.8 Å². The number of fused-ring (bicyclic) bond motifs is 7. The van der Waals surface area contributed by atoms with Crippen LogP contribution in [0.1, 0.15) is 130 Å². The van der Waals surface area contributed by atoms with Gasteiger partial charge >= 0.3 is 5.97 Å². The molecule has 5 heteroatoms. The maximum Gasteiger partial charge on any atom is 0.306 e. The molecule has 3 N–H and O–H groups in total. The SMILES string of the molecule is CC1C(C2=CC[C@H](C(=O)O)CC2)=CCC2(C)C1CC[C@]1(C)C2CCC2C3CCCC3(NCCC3(O)CCOCC3)CC[C@]21C. The molecule has 5 nitrogen and oxygen atoms in total. The minimum Gasteiger partial charge on any atom is -0.481 e. The highest BCUT2D eigenvalue weighted by Crippen LogP contribution is 2.75. The van der Waals surface area contributed by atoms with Gasteiger partial charge < -0.3 is 20.3 Å². The van der Waals surface area contributed by atoms with Crippen molar-refractivity contribution in [3.8, 4) is 0 Å². The van der Waals surface area contributed by atoms with Crippen LogP contribution in [0.5, 0.6) is 0 Å². The van der Waals surface area contributed by atoms with E-state index in [1.807, 2.05) is 0 Å². The van der Waals surface area contributed by atoms with Crippen molar-refractivity contribution < 1.29 is 19.7 Å². The highest BCUT2D eigenvalue weighted by atomic mass is 16.5. The van der Waals surface area contributed by atoms with Crippen LogP contribution in [0, 0.1) is 51.8 Å². The molecule has 4 saturated carbocycles. The maximum absolute atomic E-state index is 11.6. The Balaban J connectivity index is 1.09. The Morgan fingerprint density at radius 1 is 0.909 bits per heavy atom. The van der Waals surface area contributed by atoms with Crippen molar-refractivity contribution in [2.45, 2.75) is 142 Å². The van der Waals surface area contributed by atoms with Crippen molar-refractivity contribution in [2.24, 2.45) is 51.8 Å². The highest BCUT2D eigenvalue weighted by Gasteiger charge is 2.68.